The second-order valence-electron chi connectivity index (χ2n) is 7.54. The van der Waals surface area contributed by atoms with Gasteiger partial charge in [0, 0.05) is 23.2 Å². The summed E-state index contributed by atoms with van der Waals surface area (Å²) in [5.41, 5.74) is 1.98. The molecule has 0 radical (unpaired) electrons. The molecular weight excluding hydrogens is 364 g/mol. The van der Waals surface area contributed by atoms with Crippen molar-refractivity contribution in [3.63, 3.8) is 0 Å². The van der Waals surface area contributed by atoms with E-state index in [4.69, 9.17) is 0 Å². The highest BCUT2D eigenvalue weighted by molar-refractivity contribution is 7.90. The minimum atomic E-state index is -3.32. The van der Waals surface area contributed by atoms with Gasteiger partial charge in [0.25, 0.3) is 0 Å². The molecule has 0 fully saturated rings. The molecule has 140 valence electrons. The normalized spacial score (nSPS) is 12.7. The molecule has 0 atom stereocenters. The van der Waals surface area contributed by atoms with Crippen LogP contribution < -0.4 is 5.32 Å². The topological polar surface area (TPSA) is 106 Å². The van der Waals surface area contributed by atoms with Crippen molar-refractivity contribution in [3.05, 3.63) is 36.8 Å². The van der Waals surface area contributed by atoms with Gasteiger partial charge in [-0.1, -0.05) is 6.07 Å². The Morgan fingerprint density at radius 3 is 2.59 bits per heavy atom. The van der Waals surface area contributed by atoms with Crippen LogP contribution in [-0.2, 0) is 15.4 Å². The molecule has 2 N–H and O–H groups in total. The number of fused-ring (bicyclic) bond motifs is 3. The van der Waals surface area contributed by atoms with Crippen LogP contribution in [0.25, 0.3) is 21.8 Å². The zero-order valence-corrected chi connectivity index (χ0v) is 16.3. The van der Waals surface area contributed by atoms with Crippen molar-refractivity contribution in [1.82, 2.24) is 25.0 Å². The molecule has 4 aromatic rings. The van der Waals surface area contributed by atoms with Crippen LogP contribution in [0.4, 0.5) is 11.5 Å². The van der Waals surface area contributed by atoms with Gasteiger partial charge in [0.15, 0.2) is 15.7 Å². The summed E-state index contributed by atoms with van der Waals surface area (Å²) in [6.07, 6.45) is 6.53. The third-order valence-corrected chi connectivity index (χ3v) is 5.44. The summed E-state index contributed by atoms with van der Waals surface area (Å²) < 4.78 is 25.6. The van der Waals surface area contributed by atoms with Crippen LogP contribution in [0.3, 0.4) is 0 Å². The maximum atomic E-state index is 11.9. The first-order valence-corrected chi connectivity index (χ1v) is 10.3. The Kier molecular flexibility index (Phi) is 3.74. The van der Waals surface area contributed by atoms with Crippen molar-refractivity contribution in [2.75, 3.05) is 11.6 Å². The molecule has 8 nitrogen and oxygen atoms in total. The summed E-state index contributed by atoms with van der Waals surface area (Å²) in [6.45, 7) is 6.20. The van der Waals surface area contributed by atoms with E-state index in [2.05, 4.69) is 46.4 Å². The van der Waals surface area contributed by atoms with E-state index in [-0.39, 0.29) is 10.4 Å². The van der Waals surface area contributed by atoms with E-state index in [1.54, 1.807) is 30.6 Å². The quantitative estimate of drug-likeness (QED) is 0.562. The molecule has 0 aliphatic heterocycles. The Bertz CT molecular complexity index is 1260. The Morgan fingerprint density at radius 2 is 1.93 bits per heavy atom. The van der Waals surface area contributed by atoms with Crippen LogP contribution in [-0.4, -0.2) is 39.6 Å². The lowest BCUT2D eigenvalue weighted by Gasteiger charge is -2.18. The zero-order chi connectivity index (χ0) is 19.4. The molecule has 27 heavy (non-hydrogen) atoms. The van der Waals surface area contributed by atoms with Gasteiger partial charge in [0.1, 0.15) is 5.52 Å². The minimum Gasteiger partial charge on any atom is -0.336 e. The highest BCUT2D eigenvalue weighted by Gasteiger charge is 2.17. The SMILES string of the molecule is CC(C)(C)n1cc(Nc2nc3cc(S(C)(=O)=O)ccc3c3cn[nH]c23)cn1. The third-order valence-electron chi connectivity index (χ3n) is 4.33. The molecule has 0 amide bonds. The number of nitrogens with one attached hydrogen (secondary N) is 2. The molecule has 0 saturated heterocycles. The summed E-state index contributed by atoms with van der Waals surface area (Å²) in [4.78, 5) is 4.87. The number of anilines is 2. The molecule has 0 unspecified atom stereocenters. The lowest BCUT2D eigenvalue weighted by molar-refractivity contribution is 0.355. The molecule has 3 aromatic heterocycles. The number of pyridine rings is 1. The van der Waals surface area contributed by atoms with Crippen molar-refractivity contribution in [2.24, 2.45) is 0 Å². The lowest BCUT2D eigenvalue weighted by Crippen LogP contribution is -2.21. The molecule has 0 bridgehead atoms. The number of rotatable bonds is 3. The van der Waals surface area contributed by atoms with Crippen LogP contribution in [0.2, 0.25) is 0 Å². The predicted molar refractivity (Wildman–Crippen MR) is 105 cm³/mol. The average molecular weight is 384 g/mol. The molecule has 9 heteroatoms. The van der Waals surface area contributed by atoms with Crippen molar-refractivity contribution in [1.29, 1.82) is 0 Å². The number of nitrogens with zero attached hydrogens (tertiary/aromatic N) is 4. The van der Waals surface area contributed by atoms with Crippen molar-refractivity contribution in [2.45, 2.75) is 31.2 Å². The van der Waals surface area contributed by atoms with E-state index in [0.717, 1.165) is 22.0 Å². The predicted octanol–water partition coefficient (Wildman–Crippen LogP) is 3.21. The van der Waals surface area contributed by atoms with Crippen LogP contribution in [0, 0.1) is 0 Å². The van der Waals surface area contributed by atoms with Gasteiger partial charge in [0.2, 0.25) is 0 Å². The Morgan fingerprint density at radius 1 is 1.15 bits per heavy atom. The van der Waals surface area contributed by atoms with Crippen molar-refractivity contribution in [3.8, 4) is 0 Å². The smallest absolute Gasteiger partial charge is 0.175 e. The fraction of sp³-hybridized carbons (Fsp3) is 0.278. The van der Waals surface area contributed by atoms with Crippen molar-refractivity contribution >= 4 is 43.1 Å². The van der Waals surface area contributed by atoms with Gasteiger partial charge < -0.3 is 5.32 Å². The molecule has 1 aromatic carbocycles. The first kappa shape index (κ1) is 17.5. The van der Waals surface area contributed by atoms with Gasteiger partial charge in [-0.25, -0.2) is 13.4 Å². The summed E-state index contributed by atoms with van der Waals surface area (Å²) >= 11 is 0. The summed E-state index contributed by atoms with van der Waals surface area (Å²) in [6, 6.07) is 4.94. The standard InChI is InChI=1S/C18H20N6O2S/c1-18(2,3)24-10-11(8-20-24)21-17-16-14(9-19-23-16)13-6-5-12(27(4,25)26)7-15(13)22-17/h5-10H,1-4H3,(H,19,23)(H,21,22). The van der Waals surface area contributed by atoms with E-state index in [1.165, 1.54) is 6.26 Å². The maximum absolute atomic E-state index is 11.9. The van der Waals surface area contributed by atoms with Gasteiger partial charge in [0.05, 0.1) is 34.0 Å². The molecule has 0 aliphatic rings. The first-order chi connectivity index (χ1) is 12.6. The van der Waals surface area contributed by atoms with Crippen molar-refractivity contribution < 1.29 is 8.42 Å². The van der Waals surface area contributed by atoms with Crippen LogP contribution in [0.5, 0.6) is 0 Å². The number of hydrogen-bond acceptors (Lipinski definition) is 6. The highest BCUT2D eigenvalue weighted by Crippen LogP contribution is 2.31. The van der Waals surface area contributed by atoms with Crippen LogP contribution in [0.15, 0.2) is 41.7 Å². The molecule has 0 aliphatic carbocycles. The largest absolute Gasteiger partial charge is 0.336 e. The van der Waals surface area contributed by atoms with Gasteiger partial charge in [-0.2, -0.15) is 10.2 Å². The number of aromatic nitrogens is 5. The number of H-pyrrole nitrogens is 1. The summed E-state index contributed by atoms with van der Waals surface area (Å²) in [7, 11) is -3.32. The van der Waals surface area contributed by atoms with Gasteiger partial charge in [-0.05, 0) is 32.9 Å². The molecule has 3 heterocycles. The van der Waals surface area contributed by atoms with Gasteiger partial charge >= 0.3 is 0 Å². The second-order valence-corrected chi connectivity index (χ2v) is 9.56. The third kappa shape index (κ3) is 3.14. The Hall–Kier alpha value is -2.94. The monoisotopic (exact) mass is 384 g/mol. The molecular formula is C18H20N6O2S. The maximum Gasteiger partial charge on any atom is 0.175 e. The van der Waals surface area contributed by atoms with E-state index < -0.39 is 9.84 Å². The summed E-state index contributed by atoms with van der Waals surface area (Å²) in [5.74, 6) is 0.564. The van der Waals surface area contributed by atoms with Crippen LogP contribution >= 0.6 is 0 Å². The number of aromatic amines is 1. The average Bonchev–Trinajstić information content (AvgIpc) is 3.22. The van der Waals surface area contributed by atoms with Gasteiger partial charge in [-0.3, -0.25) is 9.78 Å². The number of hydrogen-bond donors (Lipinski definition) is 2. The number of sulfone groups is 1. The van der Waals surface area contributed by atoms with E-state index >= 15 is 0 Å². The summed E-state index contributed by atoms with van der Waals surface area (Å²) in [5, 5.41) is 16.4. The minimum absolute atomic E-state index is 0.134. The molecule has 0 spiro atoms. The molecule has 4 rings (SSSR count). The van der Waals surface area contributed by atoms with E-state index in [0.29, 0.717) is 11.3 Å². The number of benzene rings is 1. The van der Waals surface area contributed by atoms with E-state index in [9.17, 15) is 8.42 Å². The van der Waals surface area contributed by atoms with Gasteiger partial charge in [-0.15, -0.1) is 0 Å². The zero-order valence-electron chi connectivity index (χ0n) is 15.5. The second kappa shape index (κ2) is 5.78. The highest BCUT2D eigenvalue weighted by atomic mass is 32.2. The fourth-order valence-electron chi connectivity index (χ4n) is 2.89. The Balaban J connectivity index is 1.86. The Labute approximate surface area is 156 Å². The molecule has 0 saturated carbocycles. The lowest BCUT2D eigenvalue weighted by atomic mass is 10.1. The van der Waals surface area contributed by atoms with Crippen LogP contribution in [0.1, 0.15) is 20.8 Å². The first-order valence-electron chi connectivity index (χ1n) is 8.42. The van der Waals surface area contributed by atoms with E-state index in [1.807, 2.05) is 10.9 Å². The fourth-order valence-corrected chi connectivity index (χ4v) is 3.53.